The summed E-state index contributed by atoms with van der Waals surface area (Å²) in [7, 11) is 0. The predicted molar refractivity (Wildman–Crippen MR) is 86.4 cm³/mol. The van der Waals surface area contributed by atoms with Crippen LogP contribution in [0.15, 0.2) is 29.6 Å². The van der Waals surface area contributed by atoms with Gasteiger partial charge in [0.2, 0.25) is 0 Å². The van der Waals surface area contributed by atoms with Gasteiger partial charge in [0, 0.05) is 31.3 Å². The van der Waals surface area contributed by atoms with Crippen molar-refractivity contribution in [1.82, 2.24) is 0 Å². The van der Waals surface area contributed by atoms with Crippen molar-refractivity contribution in [2.24, 2.45) is 5.73 Å². The molecule has 1 atom stereocenters. The Morgan fingerprint density at radius 2 is 2.15 bits per heavy atom. The molecule has 0 saturated carbocycles. The molecule has 1 aliphatic heterocycles. The van der Waals surface area contributed by atoms with Crippen LogP contribution in [0, 0.1) is 0 Å². The summed E-state index contributed by atoms with van der Waals surface area (Å²) in [5.41, 5.74) is 8.62. The highest BCUT2D eigenvalue weighted by Gasteiger charge is 2.23. The molecule has 2 N–H and O–H groups in total. The van der Waals surface area contributed by atoms with Crippen LogP contribution in [-0.2, 0) is 6.42 Å². The van der Waals surface area contributed by atoms with Crippen molar-refractivity contribution in [3.05, 3.63) is 50.7 Å². The summed E-state index contributed by atoms with van der Waals surface area (Å²) >= 11 is 9.70. The van der Waals surface area contributed by atoms with E-state index in [0.29, 0.717) is 0 Å². The highest BCUT2D eigenvalue weighted by atomic mass is 35.5. The number of ether oxygens (including phenoxy) is 1. The van der Waals surface area contributed by atoms with Crippen molar-refractivity contribution in [1.29, 1.82) is 0 Å². The van der Waals surface area contributed by atoms with Crippen LogP contribution < -0.4 is 10.5 Å². The van der Waals surface area contributed by atoms with E-state index in [-0.39, 0.29) is 6.04 Å². The summed E-state index contributed by atoms with van der Waals surface area (Å²) in [4.78, 5) is 1.16. The lowest BCUT2D eigenvalue weighted by molar-refractivity contribution is 0.352. The normalized spacial score (nSPS) is 15.3. The number of hydrogen-bond donors (Lipinski definition) is 1. The molecule has 0 radical (unpaired) electrons. The maximum absolute atomic E-state index is 6.46. The Hall–Kier alpha value is -1.07. The Balaban J connectivity index is 1.82. The average Bonchev–Trinajstić information content (AvgIpc) is 3.10. The van der Waals surface area contributed by atoms with Crippen molar-refractivity contribution in [3.63, 3.8) is 0 Å². The molecule has 4 rings (SSSR count). The first-order valence-corrected chi connectivity index (χ1v) is 8.47. The minimum absolute atomic E-state index is 0.176. The maximum Gasteiger partial charge on any atom is 0.127 e. The fourth-order valence-electron chi connectivity index (χ4n) is 2.62. The van der Waals surface area contributed by atoms with Crippen LogP contribution in [0.5, 0.6) is 5.75 Å². The summed E-state index contributed by atoms with van der Waals surface area (Å²) in [5.74, 6) is 0.929. The lowest BCUT2D eigenvalue weighted by atomic mass is 10.0. The van der Waals surface area contributed by atoms with E-state index in [1.165, 1.54) is 15.0 Å². The van der Waals surface area contributed by atoms with Gasteiger partial charge >= 0.3 is 0 Å². The smallest absolute Gasteiger partial charge is 0.127 e. The molecule has 102 valence electrons. The first-order chi connectivity index (χ1) is 9.72. The third kappa shape index (κ3) is 1.95. The van der Waals surface area contributed by atoms with E-state index >= 15 is 0 Å². The van der Waals surface area contributed by atoms with E-state index in [4.69, 9.17) is 22.1 Å². The molecule has 2 nitrogen and oxygen atoms in total. The highest BCUT2D eigenvalue weighted by Crippen LogP contribution is 2.41. The van der Waals surface area contributed by atoms with Crippen LogP contribution in [0.2, 0.25) is 5.02 Å². The lowest BCUT2D eigenvalue weighted by Crippen LogP contribution is -2.11. The molecule has 0 saturated heterocycles. The summed E-state index contributed by atoms with van der Waals surface area (Å²) in [6.45, 7) is 0.717. The number of benzene rings is 1. The minimum atomic E-state index is -0.176. The number of halogens is 1. The van der Waals surface area contributed by atoms with Crippen molar-refractivity contribution in [2.45, 2.75) is 12.5 Å². The van der Waals surface area contributed by atoms with Crippen LogP contribution >= 0.6 is 34.3 Å². The zero-order valence-electron chi connectivity index (χ0n) is 10.6. The summed E-state index contributed by atoms with van der Waals surface area (Å²) < 4.78 is 8.33. The second-order valence-corrected chi connectivity index (χ2v) is 7.36. The van der Waals surface area contributed by atoms with Crippen molar-refractivity contribution >= 4 is 43.7 Å². The molecule has 0 spiro atoms. The first kappa shape index (κ1) is 12.7. The molecule has 5 heteroatoms. The molecule has 3 aromatic rings. The van der Waals surface area contributed by atoms with Crippen LogP contribution in [0.4, 0.5) is 0 Å². The minimum Gasteiger partial charge on any atom is -0.493 e. The summed E-state index contributed by atoms with van der Waals surface area (Å²) in [5, 5.41) is 2.84. The Morgan fingerprint density at radius 3 is 3.00 bits per heavy atom. The van der Waals surface area contributed by atoms with Gasteiger partial charge in [-0.25, -0.2) is 0 Å². The van der Waals surface area contributed by atoms with Gasteiger partial charge in [-0.15, -0.1) is 22.7 Å². The molecule has 3 heterocycles. The first-order valence-electron chi connectivity index (χ1n) is 6.40. The summed E-state index contributed by atoms with van der Waals surface area (Å²) in [6.07, 6.45) is 0.912. The Morgan fingerprint density at radius 1 is 1.25 bits per heavy atom. The molecule has 0 amide bonds. The molecule has 0 aliphatic carbocycles. The summed E-state index contributed by atoms with van der Waals surface area (Å²) in [6, 6.07) is 8.06. The lowest BCUT2D eigenvalue weighted by Gasteiger charge is -2.14. The van der Waals surface area contributed by atoms with Gasteiger partial charge in [-0.2, -0.15) is 0 Å². The quantitative estimate of drug-likeness (QED) is 0.748. The van der Waals surface area contributed by atoms with E-state index in [2.05, 4.69) is 17.5 Å². The van der Waals surface area contributed by atoms with Crippen LogP contribution in [0.3, 0.4) is 0 Å². The third-order valence-electron chi connectivity index (χ3n) is 3.58. The van der Waals surface area contributed by atoms with Crippen molar-refractivity contribution < 1.29 is 4.74 Å². The fourth-order valence-corrected chi connectivity index (χ4v) is 5.01. The number of fused-ring (bicyclic) bond motifs is 2. The van der Waals surface area contributed by atoms with E-state index < -0.39 is 0 Å². The van der Waals surface area contributed by atoms with Gasteiger partial charge in [0.05, 0.1) is 12.6 Å². The molecule has 1 aliphatic rings. The molecule has 1 unspecified atom stereocenters. The molecule has 1 aromatic carbocycles. The molecule has 2 aromatic heterocycles. The largest absolute Gasteiger partial charge is 0.493 e. The Bertz CT molecular complexity index is 764. The number of hydrogen-bond acceptors (Lipinski definition) is 4. The second kappa shape index (κ2) is 4.74. The topological polar surface area (TPSA) is 35.2 Å². The standard InChI is InChI=1S/C15H12ClNOS2/c16-9-5-8-1-3-18-15(8)10(6-9)14(17)13-7-12-11(20-13)2-4-19-12/h2,4-7,14H,1,3,17H2. The van der Waals surface area contributed by atoms with Crippen molar-refractivity contribution in [3.8, 4) is 5.75 Å². The van der Waals surface area contributed by atoms with Crippen LogP contribution in [-0.4, -0.2) is 6.61 Å². The van der Waals surface area contributed by atoms with Gasteiger partial charge in [-0.3, -0.25) is 0 Å². The molecular weight excluding hydrogens is 310 g/mol. The van der Waals surface area contributed by atoms with E-state index in [1.807, 2.05) is 12.1 Å². The predicted octanol–water partition coefficient (Wildman–Crippen LogP) is 4.60. The molecule has 0 fully saturated rings. The Labute approximate surface area is 129 Å². The van der Waals surface area contributed by atoms with E-state index in [0.717, 1.165) is 34.2 Å². The third-order valence-corrected chi connectivity index (χ3v) is 5.97. The van der Waals surface area contributed by atoms with Crippen LogP contribution in [0.25, 0.3) is 9.40 Å². The molecule has 0 bridgehead atoms. The number of thiophene rings is 2. The number of nitrogens with two attached hydrogens (primary N) is 1. The number of rotatable bonds is 2. The zero-order valence-corrected chi connectivity index (χ0v) is 12.9. The van der Waals surface area contributed by atoms with Gasteiger partial charge in [0.25, 0.3) is 0 Å². The van der Waals surface area contributed by atoms with Gasteiger partial charge < -0.3 is 10.5 Å². The van der Waals surface area contributed by atoms with Gasteiger partial charge in [-0.05, 0) is 35.2 Å². The van der Waals surface area contributed by atoms with E-state index in [1.54, 1.807) is 22.7 Å². The van der Waals surface area contributed by atoms with Gasteiger partial charge in [-0.1, -0.05) is 11.6 Å². The van der Waals surface area contributed by atoms with Gasteiger partial charge in [0.1, 0.15) is 5.75 Å². The van der Waals surface area contributed by atoms with Crippen molar-refractivity contribution in [2.75, 3.05) is 6.61 Å². The maximum atomic E-state index is 6.46. The monoisotopic (exact) mass is 321 g/mol. The van der Waals surface area contributed by atoms with E-state index in [9.17, 15) is 0 Å². The molecule has 20 heavy (non-hydrogen) atoms. The fraction of sp³-hybridized carbons (Fsp3) is 0.200. The zero-order chi connectivity index (χ0) is 13.7. The Kier molecular flexibility index (Phi) is 3.00. The SMILES string of the molecule is NC(c1cc2sccc2s1)c1cc(Cl)cc2c1OCC2. The van der Waals surface area contributed by atoms with Gasteiger partial charge in [0.15, 0.2) is 0 Å². The molecular formula is C15H12ClNOS2. The highest BCUT2D eigenvalue weighted by molar-refractivity contribution is 7.27. The second-order valence-electron chi connectivity index (χ2n) is 4.86. The van der Waals surface area contributed by atoms with Crippen LogP contribution in [0.1, 0.15) is 22.0 Å². The average molecular weight is 322 g/mol.